The Bertz CT molecular complexity index is 1470. The van der Waals surface area contributed by atoms with Gasteiger partial charge in [-0.25, -0.2) is 9.36 Å². The maximum absolute atomic E-state index is 13.9. The Balaban J connectivity index is 1.48. The van der Waals surface area contributed by atoms with Crippen molar-refractivity contribution in [3.8, 4) is 5.75 Å². The summed E-state index contributed by atoms with van der Waals surface area (Å²) in [6, 6.07) is 16.0. The number of aromatic nitrogens is 2. The molecule has 14 heteroatoms. The number of hydrogen-bond donors (Lipinski definition) is 3. The van der Waals surface area contributed by atoms with Gasteiger partial charge in [-0.1, -0.05) is 48.5 Å². The molecule has 2 heterocycles. The first-order valence-corrected chi connectivity index (χ1v) is 13.9. The van der Waals surface area contributed by atoms with Crippen molar-refractivity contribution in [2.45, 2.75) is 57.5 Å². The molecule has 0 amide bonds. The summed E-state index contributed by atoms with van der Waals surface area (Å²) in [5, 5.41) is 13.2. The van der Waals surface area contributed by atoms with E-state index in [1.807, 2.05) is 11.1 Å². The average Bonchev–Trinajstić information content (AvgIpc) is 3.31. The molecule has 1 aliphatic rings. The van der Waals surface area contributed by atoms with Gasteiger partial charge in [0, 0.05) is 6.42 Å². The highest BCUT2D eigenvalue weighted by Crippen LogP contribution is 2.47. The fourth-order valence-electron chi connectivity index (χ4n) is 4.07. The van der Waals surface area contributed by atoms with E-state index in [1.54, 1.807) is 42.5 Å². The topological polar surface area (TPSA) is 158 Å². The highest BCUT2D eigenvalue weighted by atomic mass is 31.2. The zero-order valence-electron chi connectivity index (χ0n) is 21.6. The highest BCUT2D eigenvalue weighted by Gasteiger charge is 2.43. The molecular formula is C26H29FN3O9P. The van der Waals surface area contributed by atoms with Gasteiger partial charge in [0.2, 0.25) is 5.82 Å². The molecule has 3 N–H and O–H groups in total. The summed E-state index contributed by atoms with van der Waals surface area (Å²) >= 11 is 0. The van der Waals surface area contributed by atoms with Gasteiger partial charge in [0.05, 0.1) is 18.4 Å². The number of para-hydroxylation sites is 1. The SMILES string of the molecule is C[C@H](N[P@](=O)(Oc1ccccc1)O[C@H](C)[C@H]1O[C@@H](n2cc(F)c(=O)[nH]c2=O)C[C@@H]1O)C(=O)OCc1ccccc1. The van der Waals surface area contributed by atoms with Crippen LogP contribution in [0.2, 0.25) is 0 Å². The lowest BCUT2D eigenvalue weighted by Gasteiger charge is -2.28. The third kappa shape index (κ3) is 7.32. The molecule has 0 spiro atoms. The Morgan fingerprint density at radius 3 is 2.50 bits per heavy atom. The maximum atomic E-state index is 13.9. The van der Waals surface area contributed by atoms with Crippen LogP contribution in [-0.4, -0.2) is 45.0 Å². The molecule has 40 heavy (non-hydrogen) atoms. The molecule has 1 fully saturated rings. The number of ether oxygens (including phenoxy) is 2. The summed E-state index contributed by atoms with van der Waals surface area (Å²) in [6.45, 7) is 2.88. The van der Waals surface area contributed by atoms with E-state index in [9.17, 15) is 28.4 Å². The predicted molar refractivity (Wildman–Crippen MR) is 140 cm³/mol. The van der Waals surface area contributed by atoms with Crippen LogP contribution in [0.5, 0.6) is 5.75 Å². The van der Waals surface area contributed by atoms with E-state index in [-0.39, 0.29) is 18.8 Å². The number of esters is 1. The third-order valence-corrected chi connectivity index (χ3v) is 7.80. The number of halogens is 1. The summed E-state index contributed by atoms with van der Waals surface area (Å²) in [7, 11) is -4.32. The van der Waals surface area contributed by atoms with E-state index >= 15 is 0 Å². The molecule has 1 saturated heterocycles. The van der Waals surface area contributed by atoms with E-state index in [4.69, 9.17) is 18.5 Å². The number of benzene rings is 2. The van der Waals surface area contributed by atoms with Gasteiger partial charge in [-0.15, -0.1) is 0 Å². The first-order valence-electron chi connectivity index (χ1n) is 12.4. The van der Waals surface area contributed by atoms with Crippen molar-refractivity contribution in [2.75, 3.05) is 0 Å². The van der Waals surface area contributed by atoms with Crippen LogP contribution in [0.1, 0.15) is 32.1 Å². The minimum atomic E-state index is -4.32. The van der Waals surface area contributed by atoms with E-state index in [0.29, 0.717) is 6.20 Å². The molecule has 0 saturated carbocycles. The number of aliphatic hydroxyl groups excluding tert-OH is 1. The standard InChI is InChI=1S/C26H29FN3O9P/c1-16(25(33)36-15-18-9-5-3-6-10-18)29-40(35,39-19-11-7-4-8-12-19)38-17(2)23-21(31)13-22(37-23)30-14-20(27)24(32)28-26(30)34/h3-12,14,16-17,21-23,31H,13,15H2,1-2H3,(H,29,35)(H,28,32,34)/t16-,17+,21-,22+,23+,40+/m0/s1. The van der Waals surface area contributed by atoms with E-state index in [0.717, 1.165) is 10.1 Å². The summed E-state index contributed by atoms with van der Waals surface area (Å²) < 4.78 is 50.9. The summed E-state index contributed by atoms with van der Waals surface area (Å²) in [5.74, 6) is -1.74. The Labute approximate surface area is 228 Å². The van der Waals surface area contributed by atoms with Crippen molar-refractivity contribution in [2.24, 2.45) is 0 Å². The van der Waals surface area contributed by atoms with Gasteiger partial charge in [-0.3, -0.25) is 23.7 Å². The number of nitrogens with zero attached hydrogens (tertiary/aromatic N) is 1. The van der Waals surface area contributed by atoms with Crippen molar-refractivity contribution >= 4 is 13.7 Å². The lowest BCUT2D eigenvalue weighted by molar-refractivity contribution is -0.146. The van der Waals surface area contributed by atoms with Gasteiger partial charge in [0.25, 0.3) is 5.56 Å². The molecule has 4 rings (SSSR count). The van der Waals surface area contributed by atoms with Gasteiger partial charge in [-0.05, 0) is 31.5 Å². The molecular weight excluding hydrogens is 548 g/mol. The van der Waals surface area contributed by atoms with Gasteiger partial charge in [0.1, 0.15) is 30.7 Å². The van der Waals surface area contributed by atoms with Crippen LogP contribution in [0.3, 0.4) is 0 Å². The van der Waals surface area contributed by atoms with Crippen molar-refractivity contribution in [1.82, 2.24) is 14.6 Å². The number of rotatable bonds is 11. The smallest absolute Gasteiger partial charge is 0.459 e. The maximum Gasteiger partial charge on any atom is 0.459 e. The number of carbonyl (C=O) groups excluding carboxylic acids is 1. The number of aliphatic hydroxyl groups is 1. The zero-order valence-corrected chi connectivity index (χ0v) is 22.5. The first kappa shape index (κ1) is 29.4. The number of aromatic amines is 1. The summed E-state index contributed by atoms with van der Waals surface area (Å²) in [4.78, 5) is 38.0. The van der Waals surface area contributed by atoms with Crippen molar-refractivity contribution in [3.05, 3.63) is 99.1 Å². The minimum absolute atomic E-state index is 0.000999. The van der Waals surface area contributed by atoms with E-state index < -0.39 is 61.4 Å². The normalized spacial score (nSPS) is 21.8. The number of hydrogen-bond acceptors (Lipinski definition) is 9. The minimum Gasteiger partial charge on any atom is -0.460 e. The molecule has 2 aromatic carbocycles. The molecule has 0 unspecified atom stereocenters. The Hall–Kier alpha value is -3.61. The van der Waals surface area contributed by atoms with Crippen LogP contribution in [-0.2, 0) is 30.0 Å². The molecule has 0 radical (unpaired) electrons. The van der Waals surface area contributed by atoms with Crippen molar-refractivity contribution < 1.29 is 37.4 Å². The second kappa shape index (κ2) is 12.7. The number of nitrogens with one attached hydrogen (secondary N) is 2. The Kier molecular flexibility index (Phi) is 9.33. The second-order valence-electron chi connectivity index (χ2n) is 9.16. The predicted octanol–water partition coefficient (Wildman–Crippen LogP) is 2.64. The van der Waals surface area contributed by atoms with Crippen molar-refractivity contribution in [3.63, 3.8) is 0 Å². The van der Waals surface area contributed by atoms with Gasteiger partial charge in [0.15, 0.2) is 0 Å². The number of H-pyrrole nitrogens is 1. The van der Waals surface area contributed by atoms with Crippen LogP contribution >= 0.6 is 7.75 Å². The molecule has 0 bridgehead atoms. The van der Waals surface area contributed by atoms with E-state index in [1.165, 1.54) is 26.0 Å². The highest BCUT2D eigenvalue weighted by molar-refractivity contribution is 7.52. The van der Waals surface area contributed by atoms with Crippen LogP contribution in [0, 0.1) is 5.82 Å². The fraction of sp³-hybridized carbons (Fsp3) is 0.346. The van der Waals surface area contributed by atoms with Gasteiger partial charge < -0.3 is 19.1 Å². The molecule has 214 valence electrons. The molecule has 3 aromatic rings. The zero-order chi connectivity index (χ0) is 28.9. The second-order valence-corrected chi connectivity index (χ2v) is 10.8. The summed E-state index contributed by atoms with van der Waals surface area (Å²) in [6.07, 6.45) is -4.08. The third-order valence-electron chi connectivity index (χ3n) is 6.04. The Morgan fingerprint density at radius 1 is 1.18 bits per heavy atom. The first-order chi connectivity index (χ1) is 19.0. The van der Waals surface area contributed by atoms with Crippen LogP contribution in [0.15, 0.2) is 76.4 Å². The molecule has 1 aliphatic heterocycles. The molecule has 6 atom stereocenters. The lowest BCUT2D eigenvalue weighted by atomic mass is 10.1. The fourth-order valence-corrected chi connectivity index (χ4v) is 5.76. The monoisotopic (exact) mass is 577 g/mol. The Morgan fingerprint density at radius 2 is 1.82 bits per heavy atom. The van der Waals surface area contributed by atoms with Crippen LogP contribution in [0.25, 0.3) is 0 Å². The van der Waals surface area contributed by atoms with Crippen LogP contribution in [0.4, 0.5) is 4.39 Å². The van der Waals surface area contributed by atoms with Gasteiger partial charge >= 0.3 is 19.4 Å². The largest absolute Gasteiger partial charge is 0.460 e. The molecule has 0 aliphatic carbocycles. The number of carbonyl (C=O) groups is 1. The van der Waals surface area contributed by atoms with Gasteiger partial charge in [-0.2, -0.15) is 9.48 Å². The quantitative estimate of drug-likeness (QED) is 0.229. The van der Waals surface area contributed by atoms with E-state index in [2.05, 4.69) is 5.09 Å². The van der Waals surface area contributed by atoms with Crippen molar-refractivity contribution in [1.29, 1.82) is 0 Å². The average molecular weight is 578 g/mol. The van der Waals surface area contributed by atoms with Crippen LogP contribution < -0.4 is 20.9 Å². The molecule has 12 nitrogen and oxygen atoms in total. The summed E-state index contributed by atoms with van der Waals surface area (Å²) in [5.41, 5.74) is -1.35. The lowest BCUT2D eigenvalue weighted by Crippen LogP contribution is -2.39. The molecule has 1 aromatic heterocycles.